The number of hydrogen-bond donors (Lipinski definition) is 2. The molecule has 2 rings (SSSR count). The first-order valence-corrected chi connectivity index (χ1v) is 6.80. The summed E-state index contributed by atoms with van der Waals surface area (Å²) >= 11 is 0. The van der Waals surface area contributed by atoms with Crippen molar-refractivity contribution in [1.29, 1.82) is 0 Å². The Morgan fingerprint density at radius 2 is 2.33 bits per heavy atom. The van der Waals surface area contributed by atoms with E-state index in [1.54, 1.807) is 6.07 Å². The average Bonchev–Trinajstić information content (AvgIpc) is 2.85. The lowest BCUT2D eigenvalue weighted by Crippen LogP contribution is -2.37. The van der Waals surface area contributed by atoms with Crippen LogP contribution in [-0.4, -0.2) is 40.7 Å². The Kier molecular flexibility index (Phi) is 4.55. The second-order valence-electron chi connectivity index (χ2n) is 5.04. The first-order valence-electron chi connectivity index (χ1n) is 6.80. The minimum Gasteiger partial charge on any atom is -0.506 e. The van der Waals surface area contributed by atoms with Crippen LogP contribution in [0.2, 0.25) is 0 Å². The van der Waals surface area contributed by atoms with Crippen LogP contribution in [0.5, 0.6) is 5.75 Å². The number of aromatic nitrogens is 1. The summed E-state index contributed by atoms with van der Waals surface area (Å²) in [5.74, 6) is 0.304. The van der Waals surface area contributed by atoms with Gasteiger partial charge in [0.25, 0.3) is 0 Å². The van der Waals surface area contributed by atoms with E-state index in [-0.39, 0.29) is 0 Å². The SMILES string of the molecule is CCN(Cc1nc(C)ccc1O)CC1CCCN1. The van der Waals surface area contributed by atoms with Crippen molar-refractivity contribution in [3.8, 4) is 5.75 Å². The van der Waals surface area contributed by atoms with E-state index in [1.165, 1.54) is 12.8 Å². The lowest BCUT2D eigenvalue weighted by Gasteiger charge is -2.24. The quantitative estimate of drug-likeness (QED) is 0.833. The van der Waals surface area contributed by atoms with Crippen LogP contribution in [0.25, 0.3) is 0 Å². The fourth-order valence-corrected chi connectivity index (χ4v) is 2.46. The number of pyridine rings is 1. The van der Waals surface area contributed by atoms with Crippen molar-refractivity contribution >= 4 is 0 Å². The van der Waals surface area contributed by atoms with Gasteiger partial charge in [-0.1, -0.05) is 6.92 Å². The number of rotatable bonds is 5. The standard InChI is InChI=1S/C14H23N3O/c1-3-17(9-12-5-4-8-15-12)10-13-14(18)7-6-11(2)16-13/h6-7,12,15,18H,3-5,8-10H2,1-2H3. The van der Waals surface area contributed by atoms with Gasteiger partial charge in [0.1, 0.15) is 5.75 Å². The van der Waals surface area contributed by atoms with Crippen molar-refractivity contribution < 1.29 is 5.11 Å². The zero-order chi connectivity index (χ0) is 13.0. The zero-order valence-corrected chi connectivity index (χ0v) is 11.3. The molecule has 0 saturated carbocycles. The van der Waals surface area contributed by atoms with E-state index < -0.39 is 0 Å². The molecule has 4 nitrogen and oxygen atoms in total. The van der Waals surface area contributed by atoms with E-state index in [0.29, 0.717) is 11.8 Å². The van der Waals surface area contributed by atoms with Gasteiger partial charge in [0, 0.05) is 24.8 Å². The lowest BCUT2D eigenvalue weighted by atomic mass is 10.2. The average molecular weight is 249 g/mol. The van der Waals surface area contributed by atoms with Gasteiger partial charge in [-0.3, -0.25) is 9.88 Å². The summed E-state index contributed by atoms with van der Waals surface area (Å²) < 4.78 is 0. The molecule has 100 valence electrons. The molecule has 1 aliphatic rings. The first kappa shape index (κ1) is 13.3. The van der Waals surface area contributed by atoms with E-state index in [9.17, 15) is 5.11 Å². The molecule has 1 aliphatic heterocycles. The fourth-order valence-electron chi connectivity index (χ4n) is 2.46. The molecule has 0 aliphatic carbocycles. The highest BCUT2D eigenvalue weighted by atomic mass is 16.3. The molecule has 2 N–H and O–H groups in total. The van der Waals surface area contributed by atoms with E-state index in [1.807, 2.05) is 13.0 Å². The highest BCUT2D eigenvalue weighted by molar-refractivity contribution is 5.27. The Labute approximate surface area is 109 Å². The highest BCUT2D eigenvalue weighted by Crippen LogP contribution is 2.17. The maximum atomic E-state index is 9.84. The third kappa shape index (κ3) is 3.43. The molecule has 1 fully saturated rings. The Hall–Kier alpha value is -1.13. The van der Waals surface area contributed by atoms with Crippen molar-refractivity contribution in [2.45, 2.75) is 39.3 Å². The minimum atomic E-state index is 0.304. The number of likely N-dealkylation sites (N-methyl/N-ethyl adjacent to an activating group) is 1. The van der Waals surface area contributed by atoms with Crippen LogP contribution < -0.4 is 5.32 Å². The van der Waals surface area contributed by atoms with Crippen LogP contribution in [0.3, 0.4) is 0 Å². The van der Waals surface area contributed by atoms with Gasteiger partial charge >= 0.3 is 0 Å². The summed E-state index contributed by atoms with van der Waals surface area (Å²) in [6.45, 7) is 7.98. The fraction of sp³-hybridized carbons (Fsp3) is 0.643. The molecule has 1 atom stereocenters. The van der Waals surface area contributed by atoms with Crippen molar-refractivity contribution in [2.24, 2.45) is 0 Å². The lowest BCUT2D eigenvalue weighted by molar-refractivity contribution is 0.247. The highest BCUT2D eigenvalue weighted by Gasteiger charge is 2.18. The number of aromatic hydroxyl groups is 1. The van der Waals surface area contributed by atoms with E-state index in [4.69, 9.17) is 0 Å². The molecule has 18 heavy (non-hydrogen) atoms. The van der Waals surface area contributed by atoms with Gasteiger partial charge in [-0.05, 0) is 45.0 Å². The first-order chi connectivity index (χ1) is 8.69. The predicted molar refractivity (Wildman–Crippen MR) is 72.6 cm³/mol. The predicted octanol–water partition coefficient (Wildman–Crippen LogP) is 1.67. The van der Waals surface area contributed by atoms with Gasteiger partial charge in [-0.2, -0.15) is 0 Å². The van der Waals surface area contributed by atoms with E-state index >= 15 is 0 Å². The van der Waals surface area contributed by atoms with Crippen LogP contribution in [0.4, 0.5) is 0 Å². The maximum absolute atomic E-state index is 9.84. The molecular formula is C14H23N3O. The molecule has 0 aromatic carbocycles. The molecular weight excluding hydrogens is 226 g/mol. The van der Waals surface area contributed by atoms with Gasteiger partial charge in [0.15, 0.2) is 0 Å². The van der Waals surface area contributed by atoms with Crippen molar-refractivity contribution in [3.05, 3.63) is 23.5 Å². The van der Waals surface area contributed by atoms with Crippen LogP contribution in [0.1, 0.15) is 31.2 Å². The largest absolute Gasteiger partial charge is 0.506 e. The van der Waals surface area contributed by atoms with Gasteiger partial charge in [-0.25, -0.2) is 0 Å². The number of nitrogens with one attached hydrogen (secondary N) is 1. The van der Waals surface area contributed by atoms with Crippen molar-refractivity contribution in [3.63, 3.8) is 0 Å². The summed E-state index contributed by atoms with van der Waals surface area (Å²) in [4.78, 5) is 6.76. The summed E-state index contributed by atoms with van der Waals surface area (Å²) in [7, 11) is 0. The third-order valence-corrected chi connectivity index (χ3v) is 3.55. The molecule has 1 saturated heterocycles. The summed E-state index contributed by atoms with van der Waals surface area (Å²) in [5.41, 5.74) is 1.74. The molecule has 0 bridgehead atoms. The van der Waals surface area contributed by atoms with Crippen molar-refractivity contribution in [1.82, 2.24) is 15.2 Å². The van der Waals surface area contributed by atoms with Crippen LogP contribution in [-0.2, 0) is 6.54 Å². The molecule has 0 amide bonds. The van der Waals surface area contributed by atoms with E-state index in [0.717, 1.165) is 37.6 Å². The Bertz CT molecular complexity index is 389. The number of aryl methyl sites for hydroxylation is 1. The third-order valence-electron chi connectivity index (χ3n) is 3.55. The maximum Gasteiger partial charge on any atom is 0.138 e. The van der Waals surface area contributed by atoms with Gasteiger partial charge in [0.2, 0.25) is 0 Å². The van der Waals surface area contributed by atoms with Crippen LogP contribution in [0, 0.1) is 6.92 Å². The Morgan fingerprint density at radius 1 is 1.50 bits per heavy atom. The second-order valence-corrected chi connectivity index (χ2v) is 5.04. The molecule has 1 aromatic heterocycles. The van der Waals surface area contributed by atoms with Gasteiger partial charge < -0.3 is 10.4 Å². The zero-order valence-electron chi connectivity index (χ0n) is 11.3. The normalized spacial score (nSPS) is 19.6. The molecule has 4 heteroatoms. The summed E-state index contributed by atoms with van der Waals surface area (Å²) in [6.07, 6.45) is 2.53. The number of nitrogens with zero attached hydrogens (tertiary/aromatic N) is 2. The number of hydrogen-bond acceptors (Lipinski definition) is 4. The minimum absolute atomic E-state index is 0.304. The molecule has 0 spiro atoms. The topological polar surface area (TPSA) is 48.4 Å². The summed E-state index contributed by atoms with van der Waals surface area (Å²) in [5, 5.41) is 13.3. The molecule has 1 unspecified atom stereocenters. The van der Waals surface area contributed by atoms with Gasteiger partial charge in [0.05, 0.1) is 5.69 Å². The van der Waals surface area contributed by atoms with Gasteiger partial charge in [-0.15, -0.1) is 0 Å². The smallest absolute Gasteiger partial charge is 0.138 e. The molecule has 1 aromatic rings. The van der Waals surface area contributed by atoms with Crippen LogP contribution >= 0.6 is 0 Å². The Balaban J connectivity index is 1.98. The van der Waals surface area contributed by atoms with Crippen molar-refractivity contribution in [2.75, 3.05) is 19.6 Å². The van der Waals surface area contributed by atoms with Crippen LogP contribution in [0.15, 0.2) is 12.1 Å². The Morgan fingerprint density at radius 3 is 3.00 bits per heavy atom. The molecule has 0 radical (unpaired) electrons. The monoisotopic (exact) mass is 249 g/mol. The summed E-state index contributed by atoms with van der Waals surface area (Å²) in [6, 6.07) is 4.17. The van der Waals surface area contributed by atoms with E-state index in [2.05, 4.69) is 22.1 Å². The molecule has 2 heterocycles. The second kappa shape index (κ2) is 6.16.